The molecule has 1 aliphatic rings. The van der Waals surface area contributed by atoms with Gasteiger partial charge >= 0.3 is 0 Å². The smallest absolute Gasteiger partial charge is 0.253 e. The minimum absolute atomic E-state index is 0.0716. The molecule has 0 saturated carbocycles. The molecule has 1 amide bonds. The van der Waals surface area contributed by atoms with Crippen LogP contribution in [0.3, 0.4) is 0 Å². The van der Waals surface area contributed by atoms with E-state index in [2.05, 4.69) is 24.7 Å². The summed E-state index contributed by atoms with van der Waals surface area (Å²) in [7, 11) is 1.78. The first-order valence-electron chi connectivity index (χ1n) is 10.1. The lowest BCUT2D eigenvalue weighted by atomic mass is 10.1. The van der Waals surface area contributed by atoms with Crippen LogP contribution in [0.5, 0.6) is 0 Å². The van der Waals surface area contributed by atoms with E-state index < -0.39 is 0 Å². The van der Waals surface area contributed by atoms with E-state index in [0.717, 1.165) is 48.1 Å². The Morgan fingerprint density at radius 2 is 2.17 bits per heavy atom. The van der Waals surface area contributed by atoms with Crippen LogP contribution in [0.15, 0.2) is 48.9 Å². The highest BCUT2D eigenvalue weighted by molar-refractivity contribution is 6.05. The maximum Gasteiger partial charge on any atom is 0.253 e. The third-order valence-corrected chi connectivity index (χ3v) is 5.47. The van der Waals surface area contributed by atoms with Gasteiger partial charge in [-0.25, -0.2) is 4.98 Å². The molecule has 0 radical (unpaired) electrons. The number of carbonyl (C=O) groups excluding carboxylic acids is 1. The van der Waals surface area contributed by atoms with Gasteiger partial charge in [0.25, 0.3) is 5.91 Å². The molecular weight excluding hydrogens is 380 g/mol. The van der Waals surface area contributed by atoms with Crippen LogP contribution < -0.4 is 0 Å². The number of pyridine rings is 1. The second-order valence-electron chi connectivity index (χ2n) is 7.62. The molecule has 0 aliphatic carbocycles. The summed E-state index contributed by atoms with van der Waals surface area (Å²) < 4.78 is 7.85. The zero-order chi connectivity index (χ0) is 20.5. The van der Waals surface area contributed by atoms with E-state index in [1.54, 1.807) is 30.5 Å². The van der Waals surface area contributed by atoms with Crippen molar-refractivity contribution in [2.45, 2.75) is 32.0 Å². The average Bonchev–Trinajstić information content (AvgIpc) is 3.44. The molecule has 30 heavy (non-hydrogen) atoms. The summed E-state index contributed by atoms with van der Waals surface area (Å²) in [5.41, 5.74) is 3.64. The van der Waals surface area contributed by atoms with Gasteiger partial charge in [-0.1, -0.05) is 6.07 Å². The van der Waals surface area contributed by atoms with Crippen molar-refractivity contribution in [1.82, 2.24) is 29.6 Å². The van der Waals surface area contributed by atoms with E-state index in [1.165, 1.54) is 0 Å². The fourth-order valence-corrected chi connectivity index (χ4v) is 3.94. The molecule has 152 valence electrons. The van der Waals surface area contributed by atoms with Gasteiger partial charge in [0.1, 0.15) is 0 Å². The minimum Gasteiger partial charge on any atom is -0.376 e. The summed E-state index contributed by atoms with van der Waals surface area (Å²) in [5.74, 6) is -0.0716. The summed E-state index contributed by atoms with van der Waals surface area (Å²) >= 11 is 0. The van der Waals surface area contributed by atoms with Crippen LogP contribution in [-0.2, 0) is 17.8 Å². The van der Waals surface area contributed by atoms with E-state index in [1.807, 2.05) is 30.3 Å². The first kappa shape index (κ1) is 18.6. The number of amides is 1. The SMILES string of the molecule is CN(Cc1ccccn1)C(=O)c1ccc2nnc3ncn(CC4CCCO4)c3c2c1. The summed E-state index contributed by atoms with van der Waals surface area (Å²) in [6.45, 7) is 1.97. The Balaban J connectivity index is 1.49. The zero-order valence-electron chi connectivity index (χ0n) is 16.7. The summed E-state index contributed by atoms with van der Waals surface area (Å²) in [6, 6.07) is 11.2. The van der Waals surface area contributed by atoms with Crippen molar-refractivity contribution in [3.8, 4) is 0 Å². The second kappa shape index (κ2) is 7.79. The quantitative estimate of drug-likeness (QED) is 0.510. The van der Waals surface area contributed by atoms with Crippen LogP contribution in [0.25, 0.3) is 22.1 Å². The lowest BCUT2D eigenvalue weighted by molar-refractivity contribution is 0.0783. The van der Waals surface area contributed by atoms with Crippen molar-refractivity contribution in [3.05, 3.63) is 60.2 Å². The minimum atomic E-state index is -0.0716. The van der Waals surface area contributed by atoms with Gasteiger partial charge < -0.3 is 14.2 Å². The van der Waals surface area contributed by atoms with E-state index in [9.17, 15) is 4.79 Å². The topological polar surface area (TPSA) is 86.0 Å². The van der Waals surface area contributed by atoms with E-state index in [4.69, 9.17) is 4.74 Å². The zero-order valence-corrected chi connectivity index (χ0v) is 16.7. The number of carbonyl (C=O) groups is 1. The van der Waals surface area contributed by atoms with Gasteiger partial charge in [-0.3, -0.25) is 9.78 Å². The van der Waals surface area contributed by atoms with Gasteiger partial charge in [0.05, 0.1) is 42.2 Å². The van der Waals surface area contributed by atoms with E-state index >= 15 is 0 Å². The number of ether oxygens (including phenoxy) is 1. The number of imidazole rings is 1. The van der Waals surface area contributed by atoms with Gasteiger partial charge in [-0.05, 0) is 43.2 Å². The number of hydrogen-bond acceptors (Lipinski definition) is 6. The van der Waals surface area contributed by atoms with E-state index in [0.29, 0.717) is 17.8 Å². The Bertz CT molecular complexity index is 1200. The molecule has 8 nitrogen and oxygen atoms in total. The van der Waals surface area contributed by atoms with Gasteiger partial charge in [-0.15, -0.1) is 10.2 Å². The maximum absolute atomic E-state index is 13.1. The number of benzene rings is 1. The van der Waals surface area contributed by atoms with Crippen molar-refractivity contribution in [1.29, 1.82) is 0 Å². The molecule has 1 atom stereocenters. The Hall–Kier alpha value is -3.39. The van der Waals surface area contributed by atoms with Crippen molar-refractivity contribution < 1.29 is 9.53 Å². The monoisotopic (exact) mass is 402 g/mol. The molecule has 0 N–H and O–H groups in total. The third kappa shape index (κ3) is 3.50. The Labute approximate surface area is 173 Å². The molecule has 0 bridgehead atoms. The van der Waals surface area contributed by atoms with Crippen molar-refractivity contribution in [2.75, 3.05) is 13.7 Å². The molecule has 8 heteroatoms. The lowest BCUT2D eigenvalue weighted by Gasteiger charge is -2.17. The first-order valence-corrected chi connectivity index (χ1v) is 10.1. The molecule has 4 aromatic rings. The fraction of sp³-hybridized carbons (Fsp3) is 0.318. The number of rotatable bonds is 5. The highest BCUT2D eigenvalue weighted by atomic mass is 16.5. The van der Waals surface area contributed by atoms with Crippen molar-refractivity contribution in [2.24, 2.45) is 0 Å². The van der Waals surface area contributed by atoms with Crippen molar-refractivity contribution in [3.63, 3.8) is 0 Å². The number of nitrogens with zero attached hydrogens (tertiary/aromatic N) is 6. The molecular formula is C22H22N6O2. The Morgan fingerprint density at radius 3 is 2.97 bits per heavy atom. The predicted molar refractivity (Wildman–Crippen MR) is 112 cm³/mol. The standard InChI is InChI=1S/C22H22N6O2/c1-27(12-16-5-2-3-9-23-16)22(29)15-7-8-19-18(11-15)20-21(26-25-19)24-14-28(20)13-17-6-4-10-30-17/h2-3,5,7-9,11,14,17H,4,6,10,12-13H2,1H3. The molecule has 1 aliphatic heterocycles. The normalized spacial score (nSPS) is 16.4. The number of fused-ring (bicyclic) bond motifs is 3. The van der Waals surface area contributed by atoms with Gasteiger partial charge in [0.15, 0.2) is 0 Å². The van der Waals surface area contributed by atoms with Crippen molar-refractivity contribution >= 4 is 28.0 Å². The molecule has 3 aromatic heterocycles. The number of hydrogen-bond donors (Lipinski definition) is 0. The van der Waals surface area contributed by atoms with Gasteiger partial charge in [0.2, 0.25) is 5.65 Å². The third-order valence-electron chi connectivity index (χ3n) is 5.47. The molecule has 0 spiro atoms. The number of aromatic nitrogens is 5. The first-order chi connectivity index (χ1) is 14.7. The van der Waals surface area contributed by atoms with E-state index in [-0.39, 0.29) is 12.0 Å². The Kier molecular flexibility index (Phi) is 4.84. The van der Waals surface area contributed by atoms with Crippen LogP contribution in [0.1, 0.15) is 28.9 Å². The molecule has 1 aromatic carbocycles. The molecule has 1 unspecified atom stereocenters. The molecule has 4 heterocycles. The predicted octanol–water partition coefficient (Wildman–Crippen LogP) is 2.83. The molecule has 5 rings (SSSR count). The average molecular weight is 402 g/mol. The molecule has 1 saturated heterocycles. The van der Waals surface area contributed by atoms with Crippen LogP contribution in [0.2, 0.25) is 0 Å². The Morgan fingerprint density at radius 1 is 1.23 bits per heavy atom. The van der Waals surface area contributed by atoms with Crippen LogP contribution >= 0.6 is 0 Å². The van der Waals surface area contributed by atoms with Crippen LogP contribution in [-0.4, -0.2) is 55.3 Å². The second-order valence-corrected chi connectivity index (χ2v) is 7.62. The lowest BCUT2D eigenvalue weighted by Crippen LogP contribution is -2.26. The maximum atomic E-state index is 13.1. The van der Waals surface area contributed by atoms with Gasteiger partial charge in [-0.2, -0.15) is 0 Å². The highest BCUT2D eigenvalue weighted by Gasteiger charge is 2.20. The molecule has 1 fully saturated rings. The highest BCUT2D eigenvalue weighted by Crippen LogP contribution is 2.25. The fourth-order valence-electron chi connectivity index (χ4n) is 3.94. The van der Waals surface area contributed by atoms with Gasteiger partial charge in [0, 0.05) is 30.8 Å². The summed E-state index contributed by atoms with van der Waals surface area (Å²) in [4.78, 5) is 23.4. The summed E-state index contributed by atoms with van der Waals surface area (Å²) in [5, 5.41) is 9.39. The van der Waals surface area contributed by atoms with Crippen LogP contribution in [0, 0.1) is 0 Å². The largest absolute Gasteiger partial charge is 0.376 e. The summed E-state index contributed by atoms with van der Waals surface area (Å²) in [6.07, 6.45) is 5.81. The van der Waals surface area contributed by atoms with Crippen LogP contribution in [0.4, 0.5) is 0 Å².